The van der Waals surface area contributed by atoms with Crippen LogP contribution in [0.5, 0.6) is 0 Å². The summed E-state index contributed by atoms with van der Waals surface area (Å²) in [4.78, 5) is 24.6. The summed E-state index contributed by atoms with van der Waals surface area (Å²) in [5.41, 5.74) is 4.82. The smallest absolute Gasteiger partial charge is 0.227 e. The van der Waals surface area contributed by atoms with E-state index in [0.717, 1.165) is 47.7 Å². The average molecular weight is 455 g/mol. The fourth-order valence-electron chi connectivity index (χ4n) is 5.47. The molecule has 0 spiro atoms. The number of hydrogen-bond acceptors (Lipinski definition) is 3. The highest BCUT2D eigenvalue weighted by molar-refractivity contribution is 6.30. The summed E-state index contributed by atoms with van der Waals surface area (Å²) in [6, 6.07) is 20.3. The number of rotatable bonds is 4. The van der Waals surface area contributed by atoms with Crippen molar-refractivity contribution in [2.75, 3.05) is 11.4 Å². The van der Waals surface area contributed by atoms with Gasteiger partial charge in [-0.15, -0.1) is 0 Å². The lowest BCUT2D eigenvalue weighted by Crippen LogP contribution is -2.39. The van der Waals surface area contributed by atoms with Gasteiger partial charge >= 0.3 is 0 Å². The van der Waals surface area contributed by atoms with Gasteiger partial charge in [-0.2, -0.15) is 0 Å². The Hall–Kier alpha value is -3.44. The van der Waals surface area contributed by atoms with Gasteiger partial charge in [-0.25, -0.2) is 4.98 Å². The van der Waals surface area contributed by atoms with E-state index in [0.29, 0.717) is 17.9 Å². The largest absolute Gasteiger partial charge is 0.317 e. The van der Waals surface area contributed by atoms with Crippen LogP contribution in [-0.2, 0) is 16.8 Å². The number of anilines is 1. The van der Waals surface area contributed by atoms with Crippen LogP contribution in [0.4, 0.5) is 5.69 Å². The molecular weight excluding hydrogens is 432 g/mol. The number of halogens is 1. The molecule has 0 N–H and O–H groups in total. The van der Waals surface area contributed by atoms with Gasteiger partial charge in [-0.3, -0.25) is 9.78 Å². The summed E-state index contributed by atoms with van der Waals surface area (Å²) >= 11 is 6.23. The first kappa shape index (κ1) is 20.2. The van der Waals surface area contributed by atoms with Gasteiger partial charge in [0.1, 0.15) is 5.82 Å². The monoisotopic (exact) mass is 454 g/mol. The second-order valence-corrected chi connectivity index (χ2v) is 9.09. The molecule has 2 aromatic carbocycles. The van der Waals surface area contributed by atoms with Crippen LogP contribution in [0, 0.1) is 0 Å². The van der Waals surface area contributed by atoms with Gasteiger partial charge in [-0.1, -0.05) is 48.0 Å². The van der Waals surface area contributed by atoms with Crippen LogP contribution in [-0.4, -0.2) is 27.0 Å². The van der Waals surface area contributed by atoms with Crippen LogP contribution in [0.3, 0.4) is 0 Å². The summed E-state index contributed by atoms with van der Waals surface area (Å²) in [5.74, 6) is 1.06. The Kier molecular flexibility index (Phi) is 4.80. The molecule has 0 bridgehead atoms. The topological polar surface area (TPSA) is 51.0 Å². The summed E-state index contributed by atoms with van der Waals surface area (Å²) in [6.45, 7) is 0.735. The zero-order valence-corrected chi connectivity index (χ0v) is 18.9. The number of fused-ring (bicyclic) bond motifs is 4. The van der Waals surface area contributed by atoms with Gasteiger partial charge in [0.05, 0.1) is 16.9 Å². The predicted molar refractivity (Wildman–Crippen MR) is 129 cm³/mol. The number of aromatic nitrogens is 3. The highest BCUT2D eigenvalue weighted by Gasteiger charge is 2.45. The molecule has 4 aromatic rings. The lowest BCUT2D eigenvalue weighted by Gasteiger charge is -2.35. The quantitative estimate of drug-likeness (QED) is 0.411. The minimum Gasteiger partial charge on any atom is -0.317 e. The fraction of sp³-hybridized carbons (Fsp3) is 0.222. The maximum absolute atomic E-state index is 13.6. The summed E-state index contributed by atoms with van der Waals surface area (Å²) < 4.78 is 2.22. The molecule has 2 aliphatic rings. The Morgan fingerprint density at radius 1 is 1.00 bits per heavy atom. The Morgan fingerprint density at radius 2 is 1.85 bits per heavy atom. The van der Waals surface area contributed by atoms with Crippen LogP contribution in [0.2, 0.25) is 5.02 Å². The van der Waals surface area contributed by atoms with Gasteiger partial charge in [0.25, 0.3) is 0 Å². The number of nitrogens with zero attached hydrogens (tertiary/aromatic N) is 4. The number of benzene rings is 2. The molecule has 164 valence electrons. The highest BCUT2D eigenvalue weighted by Crippen LogP contribution is 2.49. The van der Waals surface area contributed by atoms with Crippen molar-refractivity contribution in [1.29, 1.82) is 0 Å². The third-order valence-electron chi connectivity index (χ3n) is 6.94. The maximum atomic E-state index is 13.6. The molecule has 1 amide bonds. The third kappa shape index (κ3) is 3.10. The minimum atomic E-state index is -0.518. The Labute approximate surface area is 197 Å². The molecule has 4 heterocycles. The van der Waals surface area contributed by atoms with Crippen molar-refractivity contribution < 1.29 is 4.79 Å². The molecule has 5 nitrogen and oxygen atoms in total. The van der Waals surface area contributed by atoms with E-state index in [2.05, 4.69) is 44.9 Å². The second-order valence-electron chi connectivity index (χ2n) is 8.65. The van der Waals surface area contributed by atoms with E-state index in [1.54, 1.807) is 6.20 Å². The van der Waals surface area contributed by atoms with Crippen molar-refractivity contribution >= 4 is 23.2 Å². The van der Waals surface area contributed by atoms with Crippen molar-refractivity contribution in [1.82, 2.24) is 14.5 Å². The fourth-order valence-corrected chi connectivity index (χ4v) is 5.60. The first-order valence-electron chi connectivity index (χ1n) is 11.3. The van der Waals surface area contributed by atoms with Gasteiger partial charge in [0.2, 0.25) is 5.91 Å². The zero-order valence-electron chi connectivity index (χ0n) is 18.1. The number of carbonyl (C=O) groups is 1. The molecular formula is C27H23ClN4O. The van der Waals surface area contributed by atoms with Crippen LogP contribution in [0.25, 0.3) is 11.4 Å². The molecule has 2 aliphatic heterocycles. The Morgan fingerprint density at radius 3 is 2.73 bits per heavy atom. The number of pyridine rings is 1. The van der Waals surface area contributed by atoms with E-state index in [1.165, 1.54) is 5.56 Å². The number of amides is 1. The Bertz CT molecular complexity index is 1350. The number of aryl methyl sites for hydroxylation is 1. The maximum Gasteiger partial charge on any atom is 0.227 e. The molecule has 6 heteroatoms. The van der Waals surface area contributed by atoms with E-state index in [4.69, 9.17) is 11.6 Å². The summed E-state index contributed by atoms with van der Waals surface area (Å²) in [6.07, 6.45) is 8.55. The standard InChI is InChI=1S/C27H23ClN4O/c28-20-11-9-19(10-12-20)27(22-6-2-1-5-21(22)26-30-16-18-32(26)27)14-13-25(33)31-17-4-7-23-24(31)8-3-15-29-23/h1-3,5-6,8-12,15-16,18H,4,7,13-14,17H2. The van der Waals surface area contributed by atoms with Crippen molar-refractivity contribution in [3.05, 3.63) is 101 Å². The Balaban J connectivity index is 1.42. The molecule has 6 rings (SSSR count). The summed E-state index contributed by atoms with van der Waals surface area (Å²) in [7, 11) is 0. The zero-order chi connectivity index (χ0) is 22.4. The number of imidazole rings is 1. The lowest BCUT2D eigenvalue weighted by molar-refractivity contribution is -0.119. The predicted octanol–water partition coefficient (Wildman–Crippen LogP) is 5.46. The highest BCUT2D eigenvalue weighted by atomic mass is 35.5. The van der Waals surface area contributed by atoms with Crippen molar-refractivity contribution in [3.63, 3.8) is 0 Å². The van der Waals surface area contributed by atoms with E-state index in [1.807, 2.05) is 47.6 Å². The number of carbonyl (C=O) groups excluding carboxylic acids is 1. The normalized spacial score (nSPS) is 18.5. The average Bonchev–Trinajstić information content (AvgIpc) is 3.44. The lowest BCUT2D eigenvalue weighted by atomic mass is 9.79. The van der Waals surface area contributed by atoms with Crippen LogP contribution >= 0.6 is 11.6 Å². The first-order chi connectivity index (χ1) is 16.2. The van der Waals surface area contributed by atoms with Gasteiger partial charge in [0.15, 0.2) is 0 Å². The molecule has 1 unspecified atom stereocenters. The van der Waals surface area contributed by atoms with Crippen LogP contribution in [0.1, 0.15) is 36.1 Å². The molecule has 0 radical (unpaired) electrons. The molecule has 33 heavy (non-hydrogen) atoms. The van der Waals surface area contributed by atoms with Crippen LogP contribution in [0.15, 0.2) is 79.3 Å². The van der Waals surface area contributed by atoms with E-state index in [9.17, 15) is 4.79 Å². The summed E-state index contributed by atoms with van der Waals surface area (Å²) in [5, 5.41) is 0.694. The molecule has 0 saturated heterocycles. The van der Waals surface area contributed by atoms with E-state index in [-0.39, 0.29) is 5.91 Å². The second kappa shape index (κ2) is 7.85. The van der Waals surface area contributed by atoms with Gasteiger partial charge in [-0.05, 0) is 54.7 Å². The molecule has 1 atom stereocenters. The molecule has 0 fully saturated rings. The van der Waals surface area contributed by atoms with E-state index >= 15 is 0 Å². The van der Waals surface area contributed by atoms with Gasteiger partial charge in [0, 0.05) is 42.1 Å². The third-order valence-corrected chi connectivity index (χ3v) is 7.19. The van der Waals surface area contributed by atoms with Gasteiger partial charge < -0.3 is 9.47 Å². The van der Waals surface area contributed by atoms with Crippen LogP contribution < -0.4 is 4.90 Å². The van der Waals surface area contributed by atoms with Crippen molar-refractivity contribution in [3.8, 4) is 11.4 Å². The molecule has 0 saturated carbocycles. The molecule has 2 aromatic heterocycles. The molecule has 0 aliphatic carbocycles. The van der Waals surface area contributed by atoms with Crippen molar-refractivity contribution in [2.24, 2.45) is 0 Å². The van der Waals surface area contributed by atoms with E-state index < -0.39 is 5.54 Å². The van der Waals surface area contributed by atoms with Crippen molar-refractivity contribution in [2.45, 2.75) is 31.2 Å². The first-order valence-corrected chi connectivity index (χ1v) is 11.7. The minimum absolute atomic E-state index is 0.128. The SMILES string of the molecule is O=C(CCC1(c2ccc(Cl)cc2)c2ccccc2-c2nccn21)N1CCCc2ncccc21. The number of hydrogen-bond donors (Lipinski definition) is 0.